The van der Waals surface area contributed by atoms with Gasteiger partial charge in [-0.15, -0.1) is 0 Å². The van der Waals surface area contributed by atoms with E-state index in [-0.39, 0.29) is 30.0 Å². The Bertz CT molecular complexity index is 902. The van der Waals surface area contributed by atoms with Gasteiger partial charge in [-0.2, -0.15) is 0 Å². The topological polar surface area (TPSA) is 84.5 Å². The lowest BCUT2D eigenvalue weighted by Crippen LogP contribution is -2.38. The van der Waals surface area contributed by atoms with Crippen molar-refractivity contribution in [3.05, 3.63) is 59.9 Å². The number of urea groups is 1. The maximum Gasteiger partial charge on any atom is 0.319 e. The zero-order valence-corrected chi connectivity index (χ0v) is 14.8. The van der Waals surface area contributed by atoms with Crippen LogP contribution in [0.5, 0.6) is 5.75 Å². The van der Waals surface area contributed by atoms with Gasteiger partial charge in [0.25, 0.3) is 0 Å². The Kier molecular flexibility index (Phi) is 5.41. The molecule has 8 heteroatoms. The average Bonchev–Trinajstić information content (AvgIpc) is 2.92. The molecule has 1 aliphatic rings. The first-order chi connectivity index (χ1) is 12.4. The zero-order chi connectivity index (χ0) is 18.6. The van der Waals surface area contributed by atoms with Crippen LogP contribution in [-0.2, 0) is 16.4 Å². The van der Waals surface area contributed by atoms with E-state index in [1.807, 2.05) is 0 Å². The van der Waals surface area contributed by atoms with Crippen molar-refractivity contribution in [3.63, 3.8) is 0 Å². The summed E-state index contributed by atoms with van der Waals surface area (Å²) in [5.41, 5.74) is 1.21. The molecule has 138 valence electrons. The number of nitrogens with one attached hydrogen (secondary N) is 2. The lowest BCUT2D eigenvalue weighted by molar-refractivity contribution is 0.249. The van der Waals surface area contributed by atoms with Crippen LogP contribution in [0.3, 0.4) is 0 Å². The molecule has 2 amide bonds. The molecule has 0 aromatic heterocycles. The molecule has 0 saturated carbocycles. The second kappa shape index (κ2) is 7.74. The first-order valence-electron chi connectivity index (χ1n) is 8.15. The molecule has 2 N–H and O–H groups in total. The van der Waals surface area contributed by atoms with Crippen LogP contribution in [0.15, 0.2) is 48.5 Å². The molecule has 0 bridgehead atoms. The summed E-state index contributed by atoms with van der Waals surface area (Å²) in [6, 6.07) is 12.1. The average molecular weight is 378 g/mol. The summed E-state index contributed by atoms with van der Waals surface area (Å²) in [5, 5.41) is 5.31. The molecule has 0 spiro atoms. The number of hydrogen-bond acceptors (Lipinski definition) is 4. The first-order valence-corrected chi connectivity index (χ1v) is 9.97. The normalized spacial score (nSPS) is 18.3. The van der Waals surface area contributed by atoms with Gasteiger partial charge in [0, 0.05) is 17.8 Å². The van der Waals surface area contributed by atoms with Crippen LogP contribution in [0, 0.1) is 5.82 Å². The van der Waals surface area contributed by atoms with E-state index in [0.29, 0.717) is 23.4 Å². The second-order valence-corrected chi connectivity index (χ2v) is 8.37. The number of amides is 2. The molecule has 3 rings (SSSR count). The fourth-order valence-corrected chi connectivity index (χ4v) is 4.39. The van der Waals surface area contributed by atoms with Gasteiger partial charge in [0.05, 0.1) is 11.5 Å². The van der Waals surface area contributed by atoms with E-state index < -0.39 is 15.9 Å². The Morgan fingerprint density at radius 1 is 1.19 bits per heavy atom. The van der Waals surface area contributed by atoms with E-state index in [1.54, 1.807) is 36.4 Å². The van der Waals surface area contributed by atoms with Crippen LogP contribution < -0.4 is 15.4 Å². The van der Waals surface area contributed by atoms with Gasteiger partial charge in [-0.25, -0.2) is 17.6 Å². The quantitative estimate of drug-likeness (QED) is 0.838. The molecule has 1 unspecified atom stereocenters. The van der Waals surface area contributed by atoms with E-state index in [1.165, 1.54) is 12.1 Å². The maximum absolute atomic E-state index is 13.2. The predicted octanol–water partition coefficient (Wildman–Crippen LogP) is 2.71. The molecule has 2 aromatic rings. The fraction of sp³-hybridized carbons (Fsp3) is 0.278. The zero-order valence-electron chi connectivity index (χ0n) is 13.9. The van der Waals surface area contributed by atoms with Crippen molar-refractivity contribution < 1.29 is 22.3 Å². The number of benzene rings is 2. The summed E-state index contributed by atoms with van der Waals surface area (Å²) in [7, 11) is -3.05. The summed E-state index contributed by atoms with van der Waals surface area (Å²) < 4.78 is 41.6. The van der Waals surface area contributed by atoms with E-state index >= 15 is 0 Å². The van der Waals surface area contributed by atoms with Crippen molar-refractivity contribution in [2.75, 3.05) is 16.8 Å². The Morgan fingerprint density at radius 3 is 2.73 bits per heavy atom. The summed E-state index contributed by atoms with van der Waals surface area (Å²) in [6.45, 7) is 0.202. The monoisotopic (exact) mass is 378 g/mol. The highest BCUT2D eigenvalue weighted by atomic mass is 32.2. The highest BCUT2D eigenvalue weighted by molar-refractivity contribution is 7.91. The molecule has 1 heterocycles. The number of carbonyl (C=O) groups excluding carboxylic acids is 1. The Labute approximate surface area is 151 Å². The van der Waals surface area contributed by atoms with Crippen LogP contribution in [0.25, 0.3) is 0 Å². The molecule has 1 saturated heterocycles. The second-order valence-electron chi connectivity index (χ2n) is 6.14. The molecular weight excluding hydrogens is 359 g/mol. The Balaban J connectivity index is 1.54. The minimum Gasteiger partial charge on any atom is -0.489 e. The summed E-state index contributed by atoms with van der Waals surface area (Å²) >= 11 is 0. The molecule has 1 aliphatic heterocycles. The standard InChI is InChI=1S/C18H19FN2O4S/c19-14-4-1-3-13(9-14)11-25-17-6-2-5-15(10-17)20-18(22)21-16-7-8-26(23,24)12-16/h1-6,9-10,16H,7-8,11-12H2,(H2,20,21,22). The summed E-state index contributed by atoms with van der Waals surface area (Å²) in [5.74, 6) is 0.265. The third-order valence-corrected chi connectivity index (χ3v) is 5.72. The number of halogens is 1. The third kappa shape index (κ3) is 5.19. The van der Waals surface area contributed by atoms with Gasteiger partial charge < -0.3 is 15.4 Å². The maximum atomic E-state index is 13.2. The Morgan fingerprint density at radius 2 is 2.00 bits per heavy atom. The molecule has 2 aromatic carbocycles. The molecule has 0 radical (unpaired) electrons. The molecular formula is C18H19FN2O4S. The minimum atomic E-state index is -3.05. The number of anilines is 1. The van der Waals surface area contributed by atoms with Crippen molar-refractivity contribution in [2.24, 2.45) is 0 Å². The van der Waals surface area contributed by atoms with Gasteiger partial charge in [0.2, 0.25) is 0 Å². The number of carbonyl (C=O) groups is 1. The van der Waals surface area contributed by atoms with E-state index in [9.17, 15) is 17.6 Å². The van der Waals surface area contributed by atoms with Gasteiger partial charge in [0.15, 0.2) is 9.84 Å². The number of hydrogen-bond donors (Lipinski definition) is 2. The fourth-order valence-electron chi connectivity index (χ4n) is 2.72. The smallest absolute Gasteiger partial charge is 0.319 e. The number of sulfone groups is 1. The molecule has 1 atom stereocenters. The van der Waals surface area contributed by atoms with Crippen molar-refractivity contribution >= 4 is 21.6 Å². The number of ether oxygens (including phenoxy) is 1. The lowest BCUT2D eigenvalue weighted by Gasteiger charge is -2.13. The van der Waals surface area contributed by atoms with Gasteiger partial charge >= 0.3 is 6.03 Å². The Hall–Kier alpha value is -2.61. The van der Waals surface area contributed by atoms with Gasteiger partial charge in [0.1, 0.15) is 18.2 Å². The minimum absolute atomic E-state index is 0.0305. The van der Waals surface area contributed by atoms with Crippen molar-refractivity contribution in [1.29, 1.82) is 0 Å². The highest BCUT2D eigenvalue weighted by Crippen LogP contribution is 2.19. The highest BCUT2D eigenvalue weighted by Gasteiger charge is 2.28. The molecule has 6 nitrogen and oxygen atoms in total. The first kappa shape index (κ1) is 18.2. The van der Waals surface area contributed by atoms with Crippen molar-refractivity contribution in [3.8, 4) is 5.75 Å². The van der Waals surface area contributed by atoms with E-state index in [4.69, 9.17) is 4.74 Å². The molecule has 1 fully saturated rings. The van der Waals surface area contributed by atoms with Crippen LogP contribution >= 0.6 is 0 Å². The van der Waals surface area contributed by atoms with Gasteiger partial charge in [-0.05, 0) is 36.2 Å². The SMILES string of the molecule is O=C(Nc1cccc(OCc2cccc(F)c2)c1)NC1CCS(=O)(=O)C1. The number of rotatable bonds is 5. The van der Waals surface area contributed by atoms with E-state index in [0.717, 1.165) is 0 Å². The largest absolute Gasteiger partial charge is 0.489 e. The lowest BCUT2D eigenvalue weighted by atomic mass is 10.2. The van der Waals surface area contributed by atoms with Crippen molar-refractivity contribution in [1.82, 2.24) is 5.32 Å². The van der Waals surface area contributed by atoms with Gasteiger partial charge in [-0.3, -0.25) is 0 Å². The molecule has 0 aliphatic carbocycles. The van der Waals surface area contributed by atoms with Crippen LogP contribution in [-0.4, -0.2) is 32.0 Å². The van der Waals surface area contributed by atoms with Crippen LogP contribution in [0.2, 0.25) is 0 Å². The van der Waals surface area contributed by atoms with Crippen LogP contribution in [0.1, 0.15) is 12.0 Å². The van der Waals surface area contributed by atoms with Crippen molar-refractivity contribution in [2.45, 2.75) is 19.1 Å². The summed E-state index contributed by atoms with van der Waals surface area (Å²) in [4.78, 5) is 12.0. The van der Waals surface area contributed by atoms with Gasteiger partial charge in [-0.1, -0.05) is 18.2 Å². The summed E-state index contributed by atoms with van der Waals surface area (Å²) in [6.07, 6.45) is 0.423. The van der Waals surface area contributed by atoms with Crippen LogP contribution in [0.4, 0.5) is 14.9 Å². The predicted molar refractivity (Wildman–Crippen MR) is 96.4 cm³/mol. The van der Waals surface area contributed by atoms with E-state index in [2.05, 4.69) is 10.6 Å². The third-order valence-electron chi connectivity index (χ3n) is 3.95. The molecule has 26 heavy (non-hydrogen) atoms.